The van der Waals surface area contributed by atoms with Gasteiger partial charge in [0.05, 0.1) is 5.69 Å². The fraction of sp³-hybridized carbons (Fsp3) is 0.600. The van der Waals surface area contributed by atoms with Crippen LogP contribution in [0.2, 0.25) is 5.15 Å². The molecule has 4 rings (SSSR count). The van der Waals surface area contributed by atoms with Gasteiger partial charge in [0.25, 0.3) is 0 Å². The largest absolute Gasteiger partial charge is 0.244 e. The molecule has 0 saturated heterocycles. The van der Waals surface area contributed by atoms with Gasteiger partial charge in [0.1, 0.15) is 16.6 Å². The van der Waals surface area contributed by atoms with Crippen LogP contribution in [-0.2, 0) is 5.41 Å². The predicted octanol–water partition coefficient (Wildman–Crippen LogP) is 2.58. The van der Waals surface area contributed by atoms with Crippen LogP contribution in [0.5, 0.6) is 0 Å². The van der Waals surface area contributed by atoms with Crippen LogP contribution < -0.4 is 0 Å². The molecule has 3 fully saturated rings. The fourth-order valence-electron chi connectivity index (χ4n) is 2.74. The number of aryl methyl sites for hydroxylation is 1. The van der Waals surface area contributed by atoms with E-state index in [0.717, 1.165) is 5.69 Å². The van der Waals surface area contributed by atoms with Crippen LogP contribution in [0.25, 0.3) is 0 Å². The molecule has 1 aromatic rings. The van der Waals surface area contributed by atoms with Gasteiger partial charge in [-0.2, -0.15) is 0 Å². The van der Waals surface area contributed by atoms with E-state index in [4.69, 9.17) is 11.6 Å². The van der Waals surface area contributed by atoms with Crippen molar-refractivity contribution >= 4 is 11.6 Å². The molecule has 0 amide bonds. The Labute approximate surface area is 86.5 Å². The van der Waals surface area contributed by atoms with Gasteiger partial charge in [0.2, 0.25) is 0 Å². The second-order valence-electron chi connectivity index (χ2n) is 4.58. The molecule has 2 bridgehead atoms. The molecule has 0 aromatic carbocycles. The van der Waals surface area contributed by atoms with Crippen LogP contribution in [0.15, 0.2) is 6.07 Å². The number of nitrogens with zero attached hydrogens (tertiary/aromatic N) is 2. The summed E-state index contributed by atoms with van der Waals surface area (Å²) in [5.41, 5.74) is 0.0340. The molecule has 0 unspecified atom stereocenters. The van der Waals surface area contributed by atoms with E-state index in [2.05, 4.69) is 9.97 Å². The lowest BCUT2D eigenvalue weighted by Gasteiger charge is -2.65. The van der Waals surface area contributed by atoms with E-state index < -0.39 is 5.67 Å². The average Bonchev–Trinajstić information content (AvgIpc) is 1.94. The Morgan fingerprint density at radius 2 is 2.00 bits per heavy atom. The predicted molar refractivity (Wildman–Crippen MR) is 51.1 cm³/mol. The molecular formula is C10H10ClFN2. The van der Waals surface area contributed by atoms with Gasteiger partial charge in [-0.05, 0) is 32.3 Å². The van der Waals surface area contributed by atoms with Gasteiger partial charge in [-0.25, -0.2) is 14.4 Å². The number of alkyl halides is 1. The first-order valence-electron chi connectivity index (χ1n) is 4.72. The summed E-state index contributed by atoms with van der Waals surface area (Å²) in [5.74, 6) is 0.671. The summed E-state index contributed by atoms with van der Waals surface area (Å²) in [6.45, 7) is 1.81. The molecule has 1 aromatic heterocycles. The molecule has 0 spiro atoms. The molecule has 14 heavy (non-hydrogen) atoms. The van der Waals surface area contributed by atoms with Gasteiger partial charge < -0.3 is 0 Å². The van der Waals surface area contributed by atoms with Crippen molar-refractivity contribution in [2.45, 2.75) is 37.3 Å². The van der Waals surface area contributed by atoms with Gasteiger partial charge in [-0.1, -0.05) is 11.6 Å². The quantitative estimate of drug-likeness (QED) is 0.669. The highest BCUT2D eigenvalue weighted by Gasteiger charge is 2.70. The Morgan fingerprint density at radius 1 is 1.36 bits per heavy atom. The van der Waals surface area contributed by atoms with Crippen molar-refractivity contribution in [2.24, 2.45) is 0 Å². The standard InChI is InChI=1S/C10H10ClFN2/c1-6-13-7(2-8(11)14-6)9-3-10(12,4-9)5-9/h2H,3-5H2,1H3. The highest BCUT2D eigenvalue weighted by atomic mass is 35.5. The summed E-state index contributed by atoms with van der Waals surface area (Å²) < 4.78 is 13.3. The summed E-state index contributed by atoms with van der Waals surface area (Å²) >= 11 is 5.84. The zero-order valence-electron chi connectivity index (χ0n) is 7.85. The molecular weight excluding hydrogens is 203 g/mol. The minimum atomic E-state index is -0.884. The SMILES string of the molecule is Cc1nc(Cl)cc(C23CC(F)(C2)C3)n1. The first-order chi connectivity index (χ1) is 6.51. The van der Waals surface area contributed by atoms with Gasteiger partial charge >= 0.3 is 0 Å². The minimum absolute atomic E-state index is 0.00785. The Bertz CT molecular complexity index is 379. The molecule has 1 heterocycles. The maximum atomic E-state index is 13.3. The highest BCUT2D eigenvalue weighted by Crippen LogP contribution is 2.69. The zero-order chi connectivity index (χ0) is 9.97. The third kappa shape index (κ3) is 0.962. The van der Waals surface area contributed by atoms with Crippen molar-refractivity contribution < 1.29 is 4.39 Å². The normalized spacial score (nSPS) is 38.8. The molecule has 3 aliphatic rings. The average molecular weight is 213 g/mol. The van der Waals surface area contributed by atoms with Crippen molar-refractivity contribution in [3.8, 4) is 0 Å². The number of hydrogen-bond acceptors (Lipinski definition) is 2. The smallest absolute Gasteiger partial charge is 0.133 e. The van der Waals surface area contributed by atoms with Crippen molar-refractivity contribution in [2.75, 3.05) is 0 Å². The summed E-state index contributed by atoms with van der Waals surface area (Å²) in [7, 11) is 0. The fourth-order valence-corrected chi connectivity index (χ4v) is 2.96. The lowest BCUT2D eigenvalue weighted by atomic mass is 9.41. The van der Waals surface area contributed by atoms with Crippen molar-refractivity contribution in [3.05, 3.63) is 22.7 Å². The Hall–Kier alpha value is -0.700. The molecule has 74 valence electrons. The highest BCUT2D eigenvalue weighted by molar-refractivity contribution is 6.29. The molecule has 2 nitrogen and oxygen atoms in total. The third-order valence-electron chi connectivity index (χ3n) is 3.32. The Balaban J connectivity index is 1.98. The first kappa shape index (κ1) is 8.60. The minimum Gasteiger partial charge on any atom is -0.244 e. The summed E-state index contributed by atoms with van der Waals surface area (Å²) in [6, 6.07) is 1.77. The maximum absolute atomic E-state index is 13.3. The second kappa shape index (κ2) is 2.27. The monoisotopic (exact) mass is 212 g/mol. The molecule has 4 heteroatoms. The van der Waals surface area contributed by atoms with Crippen LogP contribution in [0.3, 0.4) is 0 Å². The van der Waals surface area contributed by atoms with E-state index >= 15 is 0 Å². The molecule has 3 saturated carbocycles. The van der Waals surface area contributed by atoms with E-state index in [1.165, 1.54) is 0 Å². The van der Waals surface area contributed by atoms with Crippen LogP contribution in [0, 0.1) is 6.92 Å². The molecule has 0 N–H and O–H groups in total. The van der Waals surface area contributed by atoms with E-state index in [9.17, 15) is 4.39 Å². The number of hydrogen-bond donors (Lipinski definition) is 0. The summed E-state index contributed by atoms with van der Waals surface area (Å²) in [4.78, 5) is 8.34. The molecule has 0 radical (unpaired) electrons. The van der Waals surface area contributed by atoms with Crippen molar-refractivity contribution in [1.29, 1.82) is 0 Å². The van der Waals surface area contributed by atoms with Crippen LogP contribution in [-0.4, -0.2) is 15.6 Å². The van der Waals surface area contributed by atoms with Gasteiger partial charge in [0, 0.05) is 5.41 Å². The Morgan fingerprint density at radius 3 is 2.50 bits per heavy atom. The van der Waals surface area contributed by atoms with E-state index in [1.807, 2.05) is 6.92 Å². The van der Waals surface area contributed by atoms with E-state index in [0.29, 0.717) is 30.2 Å². The van der Waals surface area contributed by atoms with Gasteiger partial charge in [-0.3, -0.25) is 0 Å². The molecule has 0 atom stereocenters. The lowest BCUT2D eigenvalue weighted by molar-refractivity contribution is -0.160. The number of halogens is 2. The van der Waals surface area contributed by atoms with E-state index in [-0.39, 0.29) is 5.41 Å². The molecule has 3 aliphatic carbocycles. The van der Waals surface area contributed by atoms with Gasteiger partial charge in [0.15, 0.2) is 0 Å². The molecule has 0 aliphatic heterocycles. The summed E-state index contributed by atoms with van der Waals surface area (Å²) in [5, 5.41) is 0.463. The van der Waals surface area contributed by atoms with Gasteiger partial charge in [-0.15, -0.1) is 0 Å². The van der Waals surface area contributed by atoms with Crippen LogP contribution in [0.4, 0.5) is 4.39 Å². The lowest BCUT2D eigenvalue weighted by Crippen LogP contribution is -2.67. The zero-order valence-corrected chi connectivity index (χ0v) is 8.60. The van der Waals surface area contributed by atoms with E-state index in [1.54, 1.807) is 6.07 Å². The third-order valence-corrected chi connectivity index (χ3v) is 3.51. The van der Waals surface area contributed by atoms with Crippen molar-refractivity contribution in [1.82, 2.24) is 9.97 Å². The second-order valence-corrected chi connectivity index (χ2v) is 4.97. The topological polar surface area (TPSA) is 25.8 Å². The number of rotatable bonds is 1. The Kier molecular flexibility index (Phi) is 1.39. The maximum Gasteiger partial charge on any atom is 0.133 e. The summed E-state index contributed by atoms with van der Waals surface area (Å²) in [6.07, 6.45) is 1.85. The van der Waals surface area contributed by atoms with Crippen molar-refractivity contribution in [3.63, 3.8) is 0 Å². The van der Waals surface area contributed by atoms with Crippen LogP contribution >= 0.6 is 11.6 Å². The number of aromatic nitrogens is 2. The van der Waals surface area contributed by atoms with Crippen LogP contribution in [0.1, 0.15) is 30.8 Å². The first-order valence-corrected chi connectivity index (χ1v) is 5.10.